The van der Waals surface area contributed by atoms with Gasteiger partial charge in [-0.25, -0.2) is 14.0 Å². The Labute approximate surface area is 297 Å². The maximum atomic E-state index is 14.4. The summed E-state index contributed by atoms with van der Waals surface area (Å²) in [6, 6.07) is 2.52. The van der Waals surface area contributed by atoms with Crippen molar-refractivity contribution < 1.29 is 37.8 Å². The van der Waals surface area contributed by atoms with Crippen LogP contribution < -0.4 is 16.0 Å². The average Bonchev–Trinajstić information content (AvgIpc) is 3.33. The number of hydrogen-bond acceptors (Lipinski definition) is 8. The molecule has 1 saturated carbocycles. The number of thiocarbonyl (C=S) groups is 1. The standard InChI is InChI=1S/C35H47FN6O7S/c1-34(2,3)49-32(46)37-26-15-10-8-6-7-9-13-22-17-35(22,30(45)38-31(50)40(4)5)39-28(43)27-16-23(19-42(27)29(26)44)48-33(47)41-18-21-12-11-14-25(36)24(21)20-41/h9,11-14,22-23,26-27H,6-8,10,15-20H2,1-5H3,(H,37,46)(H,39,43)(H,38,45,50)/t22-,23-,26+,27+,35-/m1/s1. The summed E-state index contributed by atoms with van der Waals surface area (Å²) in [5, 5.41) is 8.54. The number of carbonyl (C=O) groups excluding carboxylic acids is 5. The van der Waals surface area contributed by atoms with Crippen molar-refractivity contribution in [2.75, 3.05) is 20.6 Å². The van der Waals surface area contributed by atoms with Crippen LogP contribution in [0, 0.1) is 11.7 Å². The van der Waals surface area contributed by atoms with E-state index < -0.39 is 65.1 Å². The maximum Gasteiger partial charge on any atom is 0.410 e. The molecular weight excluding hydrogens is 667 g/mol. The normalized spacial score (nSPS) is 26.7. The van der Waals surface area contributed by atoms with Crippen LogP contribution in [0.25, 0.3) is 0 Å². The molecule has 0 unspecified atom stereocenters. The highest BCUT2D eigenvalue weighted by Crippen LogP contribution is 2.45. The third-order valence-electron chi connectivity index (χ3n) is 9.41. The molecule has 1 saturated heterocycles. The summed E-state index contributed by atoms with van der Waals surface area (Å²) in [7, 11) is 3.39. The molecule has 0 radical (unpaired) electrons. The van der Waals surface area contributed by atoms with E-state index in [0.29, 0.717) is 30.4 Å². The van der Waals surface area contributed by atoms with Crippen LogP contribution in [0.4, 0.5) is 14.0 Å². The molecule has 1 aliphatic carbocycles. The van der Waals surface area contributed by atoms with Crippen molar-refractivity contribution >= 4 is 47.2 Å². The van der Waals surface area contributed by atoms with Crippen LogP contribution in [0.3, 0.4) is 0 Å². The minimum absolute atomic E-state index is 0.0311. The number of allylic oxidation sites excluding steroid dienone is 1. The van der Waals surface area contributed by atoms with E-state index in [-0.39, 0.29) is 37.1 Å². The number of benzene rings is 1. The summed E-state index contributed by atoms with van der Waals surface area (Å²) < 4.78 is 25.7. The highest BCUT2D eigenvalue weighted by Gasteiger charge is 2.61. The summed E-state index contributed by atoms with van der Waals surface area (Å²) in [4.78, 5) is 72.5. The van der Waals surface area contributed by atoms with Crippen LogP contribution in [-0.4, -0.2) is 99.7 Å². The van der Waals surface area contributed by atoms with Crippen LogP contribution >= 0.6 is 12.2 Å². The van der Waals surface area contributed by atoms with E-state index in [2.05, 4.69) is 16.0 Å². The van der Waals surface area contributed by atoms with Gasteiger partial charge in [0.2, 0.25) is 11.8 Å². The average molecular weight is 715 g/mol. The molecule has 50 heavy (non-hydrogen) atoms. The number of alkyl carbamates (subject to hydrolysis) is 1. The number of halogens is 1. The number of carbonyl (C=O) groups is 5. The van der Waals surface area contributed by atoms with Gasteiger partial charge in [0.1, 0.15) is 35.1 Å². The molecule has 15 heteroatoms. The molecule has 5 atom stereocenters. The first kappa shape index (κ1) is 37.0. The van der Waals surface area contributed by atoms with E-state index in [1.807, 2.05) is 12.2 Å². The Morgan fingerprint density at radius 3 is 2.58 bits per heavy atom. The van der Waals surface area contributed by atoms with Gasteiger partial charge < -0.3 is 35.2 Å². The molecule has 5 amide bonds. The van der Waals surface area contributed by atoms with Crippen molar-refractivity contribution in [2.45, 2.75) is 108 Å². The first-order valence-corrected chi connectivity index (χ1v) is 17.5. The van der Waals surface area contributed by atoms with Crippen molar-refractivity contribution in [2.24, 2.45) is 5.92 Å². The number of nitrogens with zero attached hydrogens (tertiary/aromatic N) is 3. The highest BCUT2D eigenvalue weighted by atomic mass is 32.1. The lowest BCUT2D eigenvalue weighted by molar-refractivity contribution is -0.141. The maximum absolute atomic E-state index is 14.4. The number of amides is 5. The van der Waals surface area contributed by atoms with E-state index in [1.165, 1.54) is 15.9 Å². The molecule has 5 rings (SSSR count). The van der Waals surface area contributed by atoms with Crippen LogP contribution in [-0.2, 0) is 36.9 Å². The van der Waals surface area contributed by atoms with E-state index in [1.54, 1.807) is 51.9 Å². The molecule has 1 aromatic rings. The Morgan fingerprint density at radius 1 is 1.12 bits per heavy atom. The molecule has 3 N–H and O–H groups in total. The predicted molar refractivity (Wildman–Crippen MR) is 185 cm³/mol. The lowest BCUT2D eigenvalue weighted by Crippen LogP contribution is -2.58. The van der Waals surface area contributed by atoms with E-state index >= 15 is 0 Å². The topological polar surface area (TPSA) is 150 Å². The largest absolute Gasteiger partial charge is 0.444 e. The van der Waals surface area contributed by atoms with Gasteiger partial charge in [-0.3, -0.25) is 19.3 Å². The summed E-state index contributed by atoms with van der Waals surface area (Å²) in [5.74, 6) is -2.29. The third kappa shape index (κ3) is 8.53. The molecule has 3 aliphatic heterocycles. The number of nitrogens with one attached hydrogen (secondary N) is 3. The molecular formula is C35H47FN6O7S. The van der Waals surface area contributed by atoms with Crippen LogP contribution in [0.1, 0.15) is 76.8 Å². The molecule has 272 valence electrons. The quantitative estimate of drug-likeness (QED) is 0.316. The van der Waals surface area contributed by atoms with Gasteiger partial charge in [0.05, 0.1) is 13.1 Å². The highest BCUT2D eigenvalue weighted by molar-refractivity contribution is 7.80. The van der Waals surface area contributed by atoms with Crippen molar-refractivity contribution in [3.63, 3.8) is 0 Å². The third-order valence-corrected chi connectivity index (χ3v) is 9.88. The molecule has 2 fully saturated rings. The van der Waals surface area contributed by atoms with Crippen molar-refractivity contribution in [3.8, 4) is 0 Å². The van der Waals surface area contributed by atoms with Gasteiger partial charge in [0.15, 0.2) is 5.11 Å². The van der Waals surface area contributed by atoms with Crippen molar-refractivity contribution in [1.82, 2.24) is 30.7 Å². The summed E-state index contributed by atoms with van der Waals surface area (Å²) in [6.45, 7) is 5.21. The number of rotatable bonds is 3. The Balaban J connectivity index is 1.40. The van der Waals surface area contributed by atoms with Gasteiger partial charge in [-0.2, -0.15) is 0 Å². The van der Waals surface area contributed by atoms with Gasteiger partial charge in [-0.1, -0.05) is 37.1 Å². The van der Waals surface area contributed by atoms with E-state index in [0.717, 1.165) is 19.3 Å². The summed E-state index contributed by atoms with van der Waals surface area (Å²) in [5.41, 5.74) is -1.01. The second-order valence-corrected chi connectivity index (χ2v) is 15.1. The Kier molecular flexibility index (Phi) is 11.0. The minimum Gasteiger partial charge on any atom is -0.444 e. The lowest BCUT2D eigenvalue weighted by Gasteiger charge is -2.30. The number of hydrogen-bond donors (Lipinski definition) is 3. The minimum atomic E-state index is -1.29. The number of ether oxygens (including phenoxy) is 2. The monoisotopic (exact) mass is 714 g/mol. The van der Waals surface area contributed by atoms with Crippen LogP contribution in [0.15, 0.2) is 30.4 Å². The second kappa shape index (κ2) is 14.9. The fraction of sp³-hybridized carbons (Fsp3) is 0.600. The molecule has 13 nitrogen and oxygen atoms in total. The lowest BCUT2D eigenvalue weighted by atomic mass is 10.0. The Morgan fingerprint density at radius 2 is 1.88 bits per heavy atom. The molecule has 3 heterocycles. The zero-order valence-electron chi connectivity index (χ0n) is 29.3. The molecule has 0 aromatic heterocycles. The zero-order chi connectivity index (χ0) is 36.4. The Hall–Kier alpha value is -4.27. The first-order chi connectivity index (χ1) is 23.6. The van der Waals surface area contributed by atoms with Crippen LogP contribution in [0.2, 0.25) is 0 Å². The van der Waals surface area contributed by atoms with Crippen molar-refractivity contribution in [3.05, 3.63) is 47.3 Å². The van der Waals surface area contributed by atoms with Gasteiger partial charge in [0, 0.05) is 38.5 Å². The summed E-state index contributed by atoms with van der Waals surface area (Å²) >= 11 is 5.31. The zero-order valence-corrected chi connectivity index (χ0v) is 30.1. The fourth-order valence-electron chi connectivity index (χ4n) is 6.66. The second-order valence-electron chi connectivity index (χ2n) is 14.7. The molecule has 0 spiro atoms. The van der Waals surface area contributed by atoms with Gasteiger partial charge in [0.25, 0.3) is 5.91 Å². The fourth-order valence-corrected chi connectivity index (χ4v) is 6.76. The van der Waals surface area contributed by atoms with Crippen molar-refractivity contribution in [1.29, 1.82) is 0 Å². The Bertz CT molecular complexity index is 1560. The van der Waals surface area contributed by atoms with E-state index in [4.69, 9.17) is 21.7 Å². The molecule has 1 aromatic carbocycles. The molecule has 4 aliphatic rings. The predicted octanol–water partition coefficient (Wildman–Crippen LogP) is 3.50. The van der Waals surface area contributed by atoms with Crippen LogP contribution in [0.5, 0.6) is 0 Å². The van der Waals surface area contributed by atoms with Gasteiger partial charge in [-0.15, -0.1) is 0 Å². The van der Waals surface area contributed by atoms with Gasteiger partial charge in [-0.05, 0) is 70.3 Å². The van der Waals surface area contributed by atoms with Gasteiger partial charge >= 0.3 is 12.2 Å². The molecule has 0 bridgehead atoms. The number of fused-ring (bicyclic) bond motifs is 3. The van der Waals surface area contributed by atoms with E-state index in [9.17, 15) is 28.4 Å². The SMILES string of the molecule is CN(C)C(=S)NC(=O)[C@@]12C[C@H]1C=CCCCCC[C@H](NC(=O)OC(C)(C)C)C(=O)N1C[C@H](OC(=O)N3Cc4cccc(F)c4C3)C[C@H]1C(=O)N2. The smallest absolute Gasteiger partial charge is 0.410 e. The summed E-state index contributed by atoms with van der Waals surface area (Å²) in [6.07, 6.45) is 5.11. The first-order valence-electron chi connectivity index (χ1n) is 17.1.